The van der Waals surface area contributed by atoms with Crippen molar-refractivity contribution in [1.82, 2.24) is 0 Å². The molecule has 1 aliphatic heterocycles. The third-order valence-electron chi connectivity index (χ3n) is 4.52. The van der Waals surface area contributed by atoms with Gasteiger partial charge in [-0.1, -0.05) is 36.7 Å². The summed E-state index contributed by atoms with van der Waals surface area (Å²) < 4.78 is 16.8. The van der Waals surface area contributed by atoms with Gasteiger partial charge in [-0.2, -0.15) is 0 Å². The van der Waals surface area contributed by atoms with E-state index in [9.17, 15) is 5.11 Å². The normalized spacial score (nSPS) is 16.5. The third-order valence-corrected chi connectivity index (χ3v) is 5.26. The molecule has 5 nitrogen and oxygen atoms in total. The Kier molecular flexibility index (Phi) is 6.18. The first-order valence-electron chi connectivity index (χ1n) is 8.16. The number of phenols is 1. The van der Waals surface area contributed by atoms with E-state index in [2.05, 4.69) is 41.6 Å². The lowest BCUT2D eigenvalue weighted by Crippen LogP contribution is -2.38. The van der Waals surface area contributed by atoms with Crippen molar-refractivity contribution < 1.29 is 19.3 Å². The number of halogens is 1. The first-order valence-corrected chi connectivity index (χ1v) is 9.28. The van der Waals surface area contributed by atoms with Crippen LogP contribution in [0.4, 0.5) is 5.69 Å². The van der Waals surface area contributed by atoms with Crippen molar-refractivity contribution in [3.05, 3.63) is 23.3 Å². The number of aromatic hydroxyl groups is 1. The predicted molar refractivity (Wildman–Crippen MR) is 99.3 cm³/mol. The van der Waals surface area contributed by atoms with Gasteiger partial charge in [0, 0.05) is 38.4 Å². The zero-order valence-electron chi connectivity index (χ0n) is 15.2. The van der Waals surface area contributed by atoms with Crippen LogP contribution < -0.4 is 4.90 Å². The quantitative estimate of drug-likeness (QED) is 0.605. The van der Waals surface area contributed by atoms with Crippen LogP contribution in [0.5, 0.6) is 5.75 Å². The molecule has 24 heavy (non-hydrogen) atoms. The van der Waals surface area contributed by atoms with E-state index < -0.39 is 5.79 Å². The van der Waals surface area contributed by atoms with Crippen LogP contribution in [0.2, 0.25) is 0 Å². The topological polar surface area (TPSA) is 51.2 Å². The Morgan fingerprint density at radius 2 is 1.75 bits per heavy atom. The second-order valence-electron chi connectivity index (χ2n) is 7.04. The molecule has 1 saturated heterocycles. The standard InChI is InChI=1S/C18H28BrNO4/c1-17(2,3)14-10-13(18(12-19,22-4)23-5)11-15(16(14)21)20-6-8-24-9-7-20/h10-11,21H,6-9,12H2,1-5H3. The Morgan fingerprint density at radius 3 is 2.21 bits per heavy atom. The van der Waals surface area contributed by atoms with Crippen molar-refractivity contribution in [2.75, 3.05) is 50.8 Å². The molecule has 1 heterocycles. The third kappa shape index (κ3) is 3.72. The predicted octanol–water partition coefficient (Wildman–Crippen LogP) is 3.37. The molecule has 0 saturated carbocycles. The Morgan fingerprint density at radius 1 is 1.17 bits per heavy atom. The molecule has 136 valence electrons. The van der Waals surface area contributed by atoms with E-state index in [0.717, 1.165) is 29.9 Å². The molecule has 2 rings (SSSR count). The summed E-state index contributed by atoms with van der Waals surface area (Å²) in [6, 6.07) is 3.94. The molecular formula is C18H28BrNO4. The molecule has 0 bridgehead atoms. The summed E-state index contributed by atoms with van der Waals surface area (Å²) in [6.45, 7) is 9.09. The molecule has 6 heteroatoms. The lowest BCUT2D eigenvalue weighted by Gasteiger charge is -2.35. The molecule has 1 N–H and O–H groups in total. The minimum absolute atomic E-state index is 0.208. The first kappa shape index (κ1) is 19.5. The highest BCUT2D eigenvalue weighted by molar-refractivity contribution is 9.09. The SMILES string of the molecule is COC(CBr)(OC)c1cc(N2CCOCC2)c(O)c(C(C)(C)C)c1. The second kappa shape index (κ2) is 7.60. The van der Waals surface area contributed by atoms with E-state index >= 15 is 0 Å². The van der Waals surface area contributed by atoms with Crippen LogP contribution in [-0.4, -0.2) is 51.0 Å². The fourth-order valence-corrected chi connectivity index (χ4v) is 3.74. The highest BCUT2D eigenvalue weighted by Crippen LogP contribution is 2.43. The van der Waals surface area contributed by atoms with Gasteiger partial charge in [-0.15, -0.1) is 0 Å². The van der Waals surface area contributed by atoms with Crippen LogP contribution in [0.25, 0.3) is 0 Å². The van der Waals surface area contributed by atoms with Gasteiger partial charge in [0.25, 0.3) is 0 Å². The number of rotatable bonds is 5. The molecule has 1 aromatic rings. The van der Waals surface area contributed by atoms with Crippen LogP contribution in [0.15, 0.2) is 12.1 Å². The summed E-state index contributed by atoms with van der Waals surface area (Å²) in [5.74, 6) is -0.571. The Balaban J connectivity index is 2.64. The molecular weight excluding hydrogens is 374 g/mol. The maximum atomic E-state index is 10.9. The average Bonchev–Trinajstić information content (AvgIpc) is 2.57. The van der Waals surface area contributed by atoms with Gasteiger partial charge in [-0.25, -0.2) is 0 Å². The lowest BCUT2D eigenvalue weighted by atomic mass is 9.83. The highest BCUT2D eigenvalue weighted by Gasteiger charge is 2.35. The Hall–Kier alpha value is -0.820. The number of nitrogens with zero attached hydrogens (tertiary/aromatic N) is 1. The molecule has 0 aromatic heterocycles. The summed E-state index contributed by atoms with van der Waals surface area (Å²) in [4.78, 5) is 2.15. The van der Waals surface area contributed by atoms with E-state index in [-0.39, 0.29) is 5.41 Å². The van der Waals surface area contributed by atoms with Crippen molar-refractivity contribution in [2.24, 2.45) is 0 Å². The van der Waals surface area contributed by atoms with Gasteiger partial charge in [0.15, 0.2) is 0 Å². The number of methoxy groups -OCH3 is 2. The van der Waals surface area contributed by atoms with E-state index in [0.29, 0.717) is 24.3 Å². The number of anilines is 1. The highest BCUT2D eigenvalue weighted by atomic mass is 79.9. The van der Waals surface area contributed by atoms with Crippen LogP contribution in [0.3, 0.4) is 0 Å². The van der Waals surface area contributed by atoms with E-state index in [1.165, 1.54) is 0 Å². The maximum Gasteiger partial charge on any atom is 0.204 e. The number of ether oxygens (including phenoxy) is 3. The minimum Gasteiger partial charge on any atom is -0.505 e. The smallest absolute Gasteiger partial charge is 0.204 e. The van der Waals surface area contributed by atoms with Gasteiger partial charge in [0.1, 0.15) is 5.75 Å². The van der Waals surface area contributed by atoms with Crippen LogP contribution in [0, 0.1) is 0 Å². The largest absolute Gasteiger partial charge is 0.505 e. The zero-order valence-corrected chi connectivity index (χ0v) is 16.8. The summed E-state index contributed by atoms with van der Waals surface area (Å²) in [5.41, 5.74) is 2.36. The molecule has 0 spiro atoms. The van der Waals surface area contributed by atoms with Crippen molar-refractivity contribution in [1.29, 1.82) is 0 Å². The zero-order chi connectivity index (χ0) is 18.0. The van der Waals surface area contributed by atoms with Crippen molar-refractivity contribution >= 4 is 21.6 Å². The molecule has 1 fully saturated rings. The summed E-state index contributed by atoms with van der Waals surface area (Å²) in [5, 5.41) is 11.4. The van der Waals surface area contributed by atoms with E-state index in [1.54, 1.807) is 14.2 Å². The van der Waals surface area contributed by atoms with Crippen LogP contribution >= 0.6 is 15.9 Å². The van der Waals surface area contributed by atoms with Crippen LogP contribution in [0.1, 0.15) is 31.9 Å². The van der Waals surface area contributed by atoms with E-state index in [1.807, 2.05) is 12.1 Å². The first-order chi connectivity index (χ1) is 11.3. The molecule has 0 radical (unpaired) electrons. The molecule has 0 atom stereocenters. The Labute approximate surface area is 153 Å². The number of alkyl halides is 1. The van der Waals surface area contributed by atoms with E-state index in [4.69, 9.17) is 14.2 Å². The molecule has 0 amide bonds. The molecule has 0 unspecified atom stereocenters. The summed E-state index contributed by atoms with van der Waals surface area (Å²) in [6.07, 6.45) is 0. The van der Waals surface area contributed by atoms with Gasteiger partial charge in [-0.3, -0.25) is 0 Å². The van der Waals surface area contributed by atoms with Gasteiger partial charge in [0.2, 0.25) is 5.79 Å². The fourth-order valence-electron chi connectivity index (χ4n) is 2.96. The van der Waals surface area contributed by atoms with Gasteiger partial charge in [-0.05, 0) is 17.5 Å². The number of hydrogen-bond donors (Lipinski definition) is 1. The molecule has 1 aliphatic rings. The van der Waals surface area contributed by atoms with Crippen LogP contribution in [-0.2, 0) is 25.4 Å². The number of hydrogen-bond acceptors (Lipinski definition) is 5. The minimum atomic E-state index is -0.894. The second-order valence-corrected chi connectivity index (χ2v) is 7.60. The summed E-state index contributed by atoms with van der Waals surface area (Å²) >= 11 is 3.50. The van der Waals surface area contributed by atoms with Gasteiger partial charge in [0.05, 0.1) is 24.2 Å². The summed E-state index contributed by atoms with van der Waals surface area (Å²) in [7, 11) is 3.26. The van der Waals surface area contributed by atoms with Crippen molar-refractivity contribution in [3.63, 3.8) is 0 Å². The maximum absolute atomic E-state index is 10.9. The molecule has 1 aromatic carbocycles. The lowest BCUT2D eigenvalue weighted by molar-refractivity contribution is -0.197. The van der Waals surface area contributed by atoms with Crippen molar-refractivity contribution in [3.8, 4) is 5.75 Å². The molecule has 0 aliphatic carbocycles. The number of benzene rings is 1. The van der Waals surface area contributed by atoms with Gasteiger partial charge >= 0.3 is 0 Å². The van der Waals surface area contributed by atoms with Gasteiger partial charge < -0.3 is 24.2 Å². The average molecular weight is 402 g/mol. The Bertz CT molecular complexity index is 553. The number of morpholine rings is 1. The van der Waals surface area contributed by atoms with Crippen molar-refractivity contribution in [2.45, 2.75) is 32.0 Å². The fraction of sp³-hybridized carbons (Fsp3) is 0.667. The number of phenolic OH excluding ortho intramolecular Hbond substituents is 1. The monoisotopic (exact) mass is 401 g/mol.